The number of aryl methyl sites for hydroxylation is 1. The smallest absolute Gasteiger partial charge is 0.190 e. The summed E-state index contributed by atoms with van der Waals surface area (Å²) in [5.41, 5.74) is 3.10. The van der Waals surface area contributed by atoms with Gasteiger partial charge in [0.2, 0.25) is 0 Å². The fraction of sp³-hybridized carbons (Fsp3) is 0.588. The molecule has 0 bridgehead atoms. The van der Waals surface area contributed by atoms with Crippen molar-refractivity contribution in [2.24, 2.45) is 4.99 Å². The average Bonchev–Trinajstić information content (AvgIpc) is 2.49. The number of guanidine groups is 1. The quantitative estimate of drug-likeness (QED) is 0.461. The van der Waals surface area contributed by atoms with Gasteiger partial charge in [-0.25, -0.2) is 0 Å². The molecule has 0 spiro atoms. The predicted octanol–water partition coefficient (Wildman–Crippen LogP) is 3.61. The highest BCUT2D eigenvalue weighted by molar-refractivity contribution is 14.0. The average molecular weight is 401 g/mol. The topological polar surface area (TPSA) is 36.4 Å². The number of benzene rings is 1. The maximum absolute atomic E-state index is 4.23. The Labute approximate surface area is 146 Å². The molecular weight excluding hydrogens is 373 g/mol. The molecule has 0 saturated heterocycles. The third-order valence-electron chi connectivity index (χ3n) is 4.50. The maximum atomic E-state index is 4.23. The van der Waals surface area contributed by atoms with Crippen LogP contribution >= 0.6 is 24.0 Å². The Morgan fingerprint density at radius 1 is 1.24 bits per heavy atom. The van der Waals surface area contributed by atoms with E-state index in [1.54, 1.807) is 0 Å². The van der Waals surface area contributed by atoms with Crippen LogP contribution in [0.3, 0.4) is 0 Å². The molecule has 1 aliphatic rings. The molecule has 2 rings (SSSR count). The molecule has 1 aliphatic carbocycles. The van der Waals surface area contributed by atoms with Gasteiger partial charge in [0.15, 0.2) is 5.96 Å². The lowest BCUT2D eigenvalue weighted by Gasteiger charge is -2.38. The van der Waals surface area contributed by atoms with Crippen LogP contribution in [-0.2, 0) is 5.41 Å². The molecule has 2 N–H and O–H groups in total. The van der Waals surface area contributed by atoms with Crippen LogP contribution in [0.4, 0.5) is 0 Å². The van der Waals surface area contributed by atoms with Gasteiger partial charge in [0, 0.05) is 26.1 Å². The third kappa shape index (κ3) is 4.59. The summed E-state index contributed by atoms with van der Waals surface area (Å²) in [5, 5.41) is 6.60. The van der Waals surface area contributed by atoms with Crippen molar-refractivity contribution < 1.29 is 0 Å². The van der Waals surface area contributed by atoms with Crippen LogP contribution in [0.25, 0.3) is 0 Å². The van der Waals surface area contributed by atoms with Crippen LogP contribution in [-0.4, -0.2) is 26.6 Å². The van der Waals surface area contributed by atoms with Crippen molar-refractivity contribution in [1.82, 2.24) is 10.6 Å². The van der Waals surface area contributed by atoms with Gasteiger partial charge in [-0.1, -0.05) is 49.1 Å². The Bertz CT molecular complexity index is 465. The lowest BCUT2D eigenvalue weighted by atomic mass is 9.69. The van der Waals surface area contributed by atoms with Crippen molar-refractivity contribution in [3.05, 3.63) is 35.4 Å². The molecule has 1 aromatic rings. The Morgan fingerprint density at radius 3 is 2.52 bits per heavy atom. The zero-order valence-electron chi connectivity index (χ0n) is 13.4. The Balaban J connectivity index is 0.00000220. The monoisotopic (exact) mass is 401 g/mol. The van der Waals surface area contributed by atoms with E-state index in [9.17, 15) is 0 Å². The molecule has 1 saturated carbocycles. The molecule has 4 heteroatoms. The number of nitrogens with one attached hydrogen (secondary N) is 2. The molecular formula is C17H28IN3. The first kappa shape index (κ1) is 18.3. The van der Waals surface area contributed by atoms with E-state index in [1.165, 1.54) is 43.2 Å². The summed E-state index contributed by atoms with van der Waals surface area (Å²) in [5.74, 6) is 0.877. The van der Waals surface area contributed by atoms with E-state index in [0.29, 0.717) is 0 Å². The van der Waals surface area contributed by atoms with E-state index in [4.69, 9.17) is 0 Å². The lowest BCUT2D eigenvalue weighted by molar-refractivity contribution is 0.291. The van der Waals surface area contributed by atoms with E-state index in [2.05, 4.69) is 46.8 Å². The number of rotatable bonds is 3. The Hall–Kier alpha value is -0.780. The van der Waals surface area contributed by atoms with Crippen LogP contribution in [0.5, 0.6) is 0 Å². The molecule has 118 valence electrons. The van der Waals surface area contributed by atoms with Gasteiger partial charge >= 0.3 is 0 Å². The first-order chi connectivity index (χ1) is 9.70. The highest BCUT2D eigenvalue weighted by atomic mass is 127. The Morgan fingerprint density at radius 2 is 1.95 bits per heavy atom. The molecule has 1 aromatic carbocycles. The van der Waals surface area contributed by atoms with Gasteiger partial charge in [0.25, 0.3) is 0 Å². The summed E-state index contributed by atoms with van der Waals surface area (Å²) >= 11 is 0. The number of nitrogens with zero attached hydrogens (tertiary/aromatic N) is 1. The summed E-state index contributed by atoms with van der Waals surface area (Å²) < 4.78 is 0. The minimum atomic E-state index is 0. The van der Waals surface area contributed by atoms with Crippen molar-refractivity contribution in [2.45, 2.75) is 44.4 Å². The number of aliphatic imine (C=N–C) groups is 1. The van der Waals surface area contributed by atoms with Crippen molar-refractivity contribution in [3.63, 3.8) is 0 Å². The van der Waals surface area contributed by atoms with Gasteiger partial charge in [0.1, 0.15) is 0 Å². The van der Waals surface area contributed by atoms with Crippen LogP contribution < -0.4 is 10.6 Å². The number of hydrogen-bond acceptors (Lipinski definition) is 1. The summed E-state index contributed by atoms with van der Waals surface area (Å²) in [6.07, 6.45) is 6.56. The van der Waals surface area contributed by atoms with Crippen molar-refractivity contribution in [3.8, 4) is 0 Å². The second-order valence-electron chi connectivity index (χ2n) is 5.89. The molecule has 0 atom stereocenters. The standard InChI is InChI=1S/C17H27N3.HI/c1-14-8-7-9-15(12-14)17(10-5-4-6-11-17)13-20-16(18-2)19-3;/h7-9,12H,4-6,10-11,13H2,1-3H3,(H2,18,19,20);1H. The first-order valence-corrected chi connectivity index (χ1v) is 7.66. The van der Waals surface area contributed by atoms with E-state index >= 15 is 0 Å². The summed E-state index contributed by atoms with van der Waals surface area (Å²) in [7, 11) is 3.73. The SMILES string of the molecule is CN=C(NC)NCC1(c2cccc(C)c2)CCCCC1.I. The highest BCUT2D eigenvalue weighted by Gasteiger charge is 2.33. The van der Waals surface area contributed by atoms with E-state index in [-0.39, 0.29) is 29.4 Å². The van der Waals surface area contributed by atoms with Crippen molar-refractivity contribution in [1.29, 1.82) is 0 Å². The fourth-order valence-corrected chi connectivity index (χ4v) is 3.30. The number of hydrogen-bond donors (Lipinski definition) is 2. The molecule has 1 fully saturated rings. The van der Waals surface area contributed by atoms with Gasteiger partial charge in [-0.3, -0.25) is 4.99 Å². The van der Waals surface area contributed by atoms with E-state index in [0.717, 1.165) is 12.5 Å². The molecule has 0 heterocycles. The van der Waals surface area contributed by atoms with Gasteiger partial charge in [-0.2, -0.15) is 0 Å². The minimum absolute atomic E-state index is 0. The van der Waals surface area contributed by atoms with Gasteiger partial charge in [-0.15, -0.1) is 24.0 Å². The van der Waals surface area contributed by atoms with Crippen LogP contribution in [0.1, 0.15) is 43.2 Å². The van der Waals surface area contributed by atoms with E-state index < -0.39 is 0 Å². The Kier molecular flexibility index (Phi) is 7.49. The predicted molar refractivity (Wildman–Crippen MR) is 102 cm³/mol. The molecule has 0 aliphatic heterocycles. The van der Waals surface area contributed by atoms with Crippen LogP contribution in [0.15, 0.2) is 29.3 Å². The van der Waals surface area contributed by atoms with E-state index in [1.807, 2.05) is 14.1 Å². The largest absolute Gasteiger partial charge is 0.359 e. The number of halogens is 1. The van der Waals surface area contributed by atoms with Crippen LogP contribution in [0.2, 0.25) is 0 Å². The zero-order chi connectivity index (χ0) is 14.4. The van der Waals surface area contributed by atoms with Gasteiger partial charge < -0.3 is 10.6 Å². The van der Waals surface area contributed by atoms with Crippen LogP contribution in [0, 0.1) is 6.92 Å². The molecule has 3 nitrogen and oxygen atoms in total. The highest BCUT2D eigenvalue weighted by Crippen LogP contribution is 2.39. The van der Waals surface area contributed by atoms with Gasteiger partial charge in [-0.05, 0) is 25.3 Å². The minimum Gasteiger partial charge on any atom is -0.359 e. The fourth-order valence-electron chi connectivity index (χ4n) is 3.30. The zero-order valence-corrected chi connectivity index (χ0v) is 15.7. The summed E-state index contributed by atoms with van der Waals surface area (Å²) in [4.78, 5) is 4.23. The molecule has 0 aromatic heterocycles. The summed E-state index contributed by atoms with van der Waals surface area (Å²) in [6.45, 7) is 3.14. The molecule has 21 heavy (non-hydrogen) atoms. The van der Waals surface area contributed by atoms with Crippen molar-refractivity contribution in [2.75, 3.05) is 20.6 Å². The van der Waals surface area contributed by atoms with Gasteiger partial charge in [0.05, 0.1) is 0 Å². The molecule has 0 unspecified atom stereocenters. The second-order valence-corrected chi connectivity index (χ2v) is 5.89. The normalized spacial score (nSPS) is 17.8. The second kappa shape index (κ2) is 8.61. The molecule has 0 radical (unpaired) electrons. The van der Waals surface area contributed by atoms with Crippen molar-refractivity contribution >= 4 is 29.9 Å². The lowest BCUT2D eigenvalue weighted by Crippen LogP contribution is -2.45. The third-order valence-corrected chi connectivity index (χ3v) is 4.50. The first-order valence-electron chi connectivity index (χ1n) is 7.66. The summed E-state index contributed by atoms with van der Waals surface area (Å²) in [6, 6.07) is 9.02. The molecule has 0 amide bonds. The maximum Gasteiger partial charge on any atom is 0.190 e.